The first kappa shape index (κ1) is 21.3. The maximum absolute atomic E-state index is 11.9. The number of carbonyl (C=O) groups is 3. The van der Waals surface area contributed by atoms with Crippen molar-refractivity contribution in [2.45, 2.75) is 46.1 Å². The van der Waals surface area contributed by atoms with E-state index in [1.54, 1.807) is 45.0 Å². The monoisotopic (exact) mass is 365 g/mol. The van der Waals surface area contributed by atoms with Crippen LogP contribution in [0.15, 0.2) is 24.3 Å². The number of benzene rings is 1. The van der Waals surface area contributed by atoms with E-state index >= 15 is 0 Å². The molecule has 3 N–H and O–H groups in total. The molecule has 3 amide bonds. The zero-order valence-electron chi connectivity index (χ0n) is 15.7. The number of hydrogen-bond acceptors (Lipinski definition) is 5. The van der Waals surface area contributed by atoms with E-state index in [9.17, 15) is 14.4 Å². The zero-order chi connectivity index (χ0) is 19.6. The average molecular weight is 365 g/mol. The Morgan fingerprint density at radius 3 is 2.27 bits per heavy atom. The molecule has 0 atom stereocenters. The van der Waals surface area contributed by atoms with E-state index in [1.165, 1.54) is 0 Å². The van der Waals surface area contributed by atoms with Gasteiger partial charge in [-0.2, -0.15) is 0 Å². The molecule has 0 saturated carbocycles. The Morgan fingerprint density at radius 2 is 1.69 bits per heavy atom. The lowest BCUT2D eigenvalue weighted by atomic mass is 10.2. The van der Waals surface area contributed by atoms with Crippen molar-refractivity contribution in [1.29, 1.82) is 0 Å². The van der Waals surface area contributed by atoms with Crippen molar-refractivity contribution in [3.8, 4) is 5.75 Å². The molecule has 0 saturated heterocycles. The summed E-state index contributed by atoms with van der Waals surface area (Å²) in [6, 6.07) is 6.58. The fourth-order valence-corrected chi connectivity index (χ4v) is 1.88. The third-order valence-corrected chi connectivity index (χ3v) is 2.99. The highest BCUT2D eigenvalue weighted by Crippen LogP contribution is 2.11. The van der Waals surface area contributed by atoms with Crippen LogP contribution >= 0.6 is 0 Å². The van der Waals surface area contributed by atoms with Gasteiger partial charge in [0.15, 0.2) is 0 Å². The van der Waals surface area contributed by atoms with Gasteiger partial charge in [-0.3, -0.25) is 20.4 Å². The van der Waals surface area contributed by atoms with Gasteiger partial charge in [0.2, 0.25) is 5.91 Å². The van der Waals surface area contributed by atoms with Crippen molar-refractivity contribution in [1.82, 2.24) is 16.2 Å². The van der Waals surface area contributed by atoms with Crippen LogP contribution in [0.1, 0.15) is 50.9 Å². The Morgan fingerprint density at radius 1 is 1.04 bits per heavy atom. The molecule has 0 spiro atoms. The van der Waals surface area contributed by atoms with E-state index in [1.807, 2.05) is 6.92 Å². The van der Waals surface area contributed by atoms with Crippen molar-refractivity contribution in [2.24, 2.45) is 0 Å². The summed E-state index contributed by atoms with van der Waals surface area (Å²) < 4.78 is 10.4. The highest BCUT2D eigenvalue weighted by Gasteiger charge is 2.15. The Balaban J connectivity index is 2.23. The summed E-state index contributed by atoms with van der Waals surface area (Å²) in [5.74, 6) is -0.103. The summed E-state index contributed by atoms with van der Waals surface area (Å²) in [5, 5.41) is 2.56. The number of hydrazine groups is 1. The smallest absolute Gasteiger partial charge is 0.407 e. The Kier molecular flexibility index (Phi) is 8.41. The first-order valence-electron chi connectivity index (χ1n) is 8.50. The molecule has 144 valence electrons. The summed E-state index contributed by atoms with van der Waals surface area (Å²) in [6.07, 6.45) is 0.0466. The van der Waals surface area contributed by atoms with Gasteiger partial charge in [0.25, 0.3) is 5.91 Å². The standard InChI is InChI=1S/C18H27N3O5/c1-5-25-14-10-8-13(9-11-14)16(23)21-20-15(22)7-6-12-19-17(24)26-18(2,3)4/h8-11H,5-7,12H2,1-4H3,(H,19,24)(H,20,22)(H,21,23). The van der Waals surface area contributed by atoms with Gasteiger partial charge in [-0.05, 0) is 58.4 Å². The van der Waals surface area contributed by atoms with Crippen LogP contribution in [0.3, 0.4) is 0 Å². The summed E-state index contributed by atoms with van der Waals surface area (Å²) in [6.45, 7) is 8.03. The number of alkyl carbamates (subject to hydrolysis) is 1. The van der Waals surface area contributed by atoms with Crippen molar-refractivity contribution in [3.63, 3.8) is 0 Å². The zero-order valence-corrected chi connectivity index (χ0v) is 15.7. The molecule has 0 aromatic heterocycles. The average Bonchev–Trinajstić information content (AvgIpc) is 2.56. The van der Waals surface area contributed by atoms with E-state index in [0.717, 1.165) is 0 Å². The summed E-state index contributed by atoms with van der Waals surface area (Å²) in [4.78, 5) is 35.1. The second kappa shape index (κ2) is 10.3. The van der Waals surface area contributed by atoms with Gasteiger partial charge >= 0.3 is 6.09 Å². The van der Waals surface area contributed by atoms with Crippen LogP contribution in [-0.2, 0) is 9.53 Å². The lowest BCUT2D eigenvalue weighted by Gasteiger charge is -2.19. The molecule has 1 rings (SSSR count). The molecule has 0 aliphatic rings. The molecule has 26 heavy (non-hydrogen) atoms. The van der Waals surface area contributed by atoms with Gasteiger partial charge in [-0.1, -0.05) is 0 Å². The van der Waals surface area contributed by atoms with Crippen LogP contribution in [0, 0.1) is 0 Å². The third-order valence-electron chi connectivity index (χ3n) is 2.99. The fourth-order valence-electron chi connectivity index (χ4n) is 1.88. The Labute approximate surface area is 153 Å². The normalized spacial score (nSPS) is 10.6. The number of amides is 3. The molecule has 1 aromatic carbocycles. The van der Waals surface area contributed by atoms with Gasteiger partial charge in [-0.25, -0.2) is 4.79 Å². The first-order chi connectivity index (χ1) is 12.2. The van der Waals surface area contributed by atoms with Crippen molar-refractivity contribution >= 4 is 17.9 Å². The molecule has 0 bridgehead atoms. The molecule has 8 nitrogen and oxygen atoms in total. The molecule has 0 fully saturated rings. The lowest BCUT2D eigenvalue weighted by Crippen LogP contribution is -2.41. The van der Waals surface area contributed by atoms with Gasteiger partial charge < -0.3 is 14.8 Å². The SMILES string of the molecule is CCOc1ccc(C(=O)NNC(=O)CCCNC(=O)OC(C)(C)C)cc1. The second-order valence-electron chi connectivity index (χ2n) is 6.49. The summed E-state index contributed by atoms with van der Waals surface area (Å²) in [7, 11) is 0. The molecule has 1 aromatic rings. The highest BCUT2D eigenvalue weighted by atomic mass is 16.6. The van der Waals surface area contributed by atoms with Gasteiger partial charge in [0, 0.05) is 18.5 Å². The Hall–Kier alpha value is -2.77. The quantitative estimate of drug-likeness (QED) is 0.507. The van der Waals surface area contributed by atoms with Crippen LogP contribution in [0.2, 0.25) is 0 Å². The Bertz CT molecular complexity index is 608. The third kappa shape index (κ3) is 8.91. The van der Waals surface area contributed by atoms with Crippen LogP contribution in [0.4, 0.5) is 4.79 Å². The van der Waals surface area contributed by atoms with E-state index in [4.69, 9.17) is 9.47 Å². The van der Waals surface area contributed by atoms with Crippen molar-refractivity contribution in [2.75, 3.05) is 13.2 Å². The lowest BCUT2D eigenvalue weighted by molar-refractivity contribution is -0.121. The predicted molar refractivity (Wildman–Crippen MR) is 96.7 cm³/mol. The molecule has 0 heterocycles. The van der Waals surface area contributed by atoms with Crippen molar-refractivity contribution < 1.29 is 23.9 Å². The maximum atomic E-state index is 11.9. The predicted octanol–water partition coefficient (Wildman–Crippen LogP) is 2.15. The van der Waals surface area contributed by atoms with Crippen LogP contribution in [-0.4, -0.2) is 36.7 Å². The molecule has 0 aliphatic heterocycles. The minimum absolute atomic E-state index is 0.152. The number of ether oxygens (including phenoxy) is 2. The molecule has 0 radical (unpaired) electrons. The molecule has 8 heteroatoms. The second-order valence-corrected chi connectivity index (χ2v) is 6.49. The fraction of sp³-hybridized carbons (Fsp3) is 0.500. The maximum Gasteiger partial charge on any atom is 0.407 e. The number of nitrogens with one attached hydrogen (secondary N) is 3. The number of rotatable bonds is 7. The van der Waals surface area contributed by atoms with E-state index < -0.39 is 17.6 Å². The molecule has 0 unspecified atom stereocenters. The molecule has 0 aliphatic carbocycles. The molecular weight excluding hydrogens is 338 g/mol. The minimum atomic E-state index is -0.563. The van der Waals surface area contributed by atoms with Crippen LogP contribution < -0.4 is 20.9 Å². The summed E-state index contributed by atoms with van der Waals surface area (Å²) in [5.41, 5.74) is 4.51. The van der Waals surface area contributed by atoms with Crippen molar-refractivity contribution in [3.05, 3.63) is 29.8 Å². The van der Waals surface area contributed by atoms with E-state index in [-0.39, 0.29) is 12.3 Å². The highest BCUT2D eigenvalue weighted by molar-refractivity contribution is 5.95. The van der Waals surface area contributed by atoms with Crippen LogP contribution in [0.5, 0.6) is 5.75 Å². The van der Waals surface area contributed by atoms with Gasteiger partial charge in [0.1, 0.15) is 11.4 Å². The number of hydrogen-bond donors (Lipinski definition) is 3. The van der Waals surface area contributed by atoms with E-state index in [0.29, 0.717) is 30.9 Å². The topological polar surface area (TPSA) is 106 Å². The first-order valence-corrected chi connectivity index (χ1v) is 8.50. The number of carbonyl (C=O) groups excluding carboxylic acids is 3. The van der Waals surface area contributed by atoms with Gasteiger partial charge in [-0.15, -0.1) is 0 Å². The van der Waals surface area contributed by atoms with Crippen LogP contribution in [0.25, 0.3) is 0 Å². The van der Waals surface area contributed by atoms with E-state index in [2.05, 4.69) is 16.2 Å². The molecular formula is C18H27N3O5. The minimum Gasteiger partial charge on any atom is -0.494 e. The summed E-state index contributed by atoms with van der Waals surface area (Å²) >= 11 is 0. The van der Waals surface area contributed by atoms with Gasteiger partial charge in [0.05, 0.1) is 6.61 Å². The largest absolute Gasteiger partial charge is 0.494 e.